The summed E-state index contributed by atoms with van der Waals surface area (Å²) in [5.41, 5.74) is 3.08. The van der Waals surface area contributed by atoms with Crippen molar-refractivity contribution in [2.75, 3.05) is 47.2 Å². The minimum absolute atomic E-state index is 0.167. The maximum Gasteiger partial charge on any atom is 0.279 e. The van der Waals surface area contributed by atoms with Crippen LogP contribution in [-0.4, -0.2) is 59.3 Å². The summed E-state index contributed by atoms with van der Waals surface area (Å²) >= 11 is 1.47. The van der Waals surface area contributed by atoms with E-state index >= 15 is 0 Å². The van der Waals surface area contributed by atoms with E-state index < -0.39 is 0 Å². The fourth-order valence-corrected chi connectivity index (χ4v) is 4.94. The number of carbonyl (C=O) groups excluding carboxylic acids is 1. The fraction of sp³-hybridized carbons (Fsp3) is 0.364. The van der Waals surface area contributed by atoms with E-state index in [1.807, 2.05) is 31.0 Å². The molecule has 166 valence electrons. The highest BCUT2D eigenvalue weighted by atomic mass is 32.1. The van der Waals surface area contributed by atoms with E-state index in [2.05, 4.69) is 32.3 Å². The zero-order valence-electron chi connectivity index (χ0n) is 18.2. The average molecular weight is 452 g/mol. The lowest BCUT2D eigenvalue weighted by Gasteiger charge is -2.31. The zero-order chi connectivity index (χ0) is 22.4. The number of aromatic nitrogens is 3. The number of aliphatic hydroxyl groups excluding tert-OH is 1. The minimum Gasteiger partial charge on any atom is -0.393 e. The number of piperidine rings is 1. The third kappa shape index (κ3) is 3.65. The predicted octanol–water partition coefficient (Wildman–Crippen LogP) is 3.30. The van der Waals surface area contributed by atoms with Crippen LogP contribution in [0.15, 0.2) is 30.5 Å². The molecule has 0 radical (unpaired) electrons. The van der Waals surface area contributed by atoms with Gasteiger partial charge in [-0.3, -0.25) is 4.79 Å². The molecule has 10 heteroatoms. The summed E-state index contributed by atoms with van der Waals surface area (Å²) < 4.78 is 0. The van der Waals surface area contributed by atoms with Gasteiger partial charge in [0.05, 0.1) is 17.3 Å². The summed E-state index contributed by atoms with van der Waals surface area (Å²) in [5, 5.41) is 14.6. The Morgan fingerprint density at radius 3 is 2.53 bits per heavy atom. The van der Waals surface area contributed by atoms with Gasteiger partial charge < -0.3 is 25.1 Å². The van der Waals surface area contributed by atoms with Crippen molar-refractivity contribution in [3.05, 3.63) is 41.2 Å². The van der Waals surface area contributed by atoms with Gasteiger partial charge in [0.1, 0.15) is 10.7 Å². The van der Waals surface area contributed by atoms with Gasteiger partial charge in [0.2, 0.25) is 5.95 Å². The third-order valence-corrected chi connectivity index (χ3v) is 6.96. The van der Waals surface area contributed by atoms with Crippen LogP contribution in [0.5, 0.6) is 0 Å². The number of nitrogens with one attached hydrogen (secondary N) is 1. The molecular formula is C22H25N7O2S. The van der Waals surface area contributed by atoms with E-state index in [4.69, 9.17) is 4.98 Å². The molecule has 1 amide bonds. The highest BCUT2D eigenvalue weighted by Crippen LogP contribution is 2.41. The monoisotopic (exact) mass is 451 g/mol. The number of nitrogens with zero attached hydrogens (tertiary/aromatic N) is 6. The van der Waals surface area contributed by atoms with Gasteiger partial charge in [0, 0.05) is 38.6 Å². The number of fused-ring (bicyclic) bond motifs is 2. The van der Waals surface area contributed by atoms with Crippen molar-refractivity contribution in [3.8, 4) is 0 Å². The Morgan fingerprint density at radius 1 is 1.09 bits per heavy atom. The smallest absolute Gasteiger partial charge is 0.279 e. The largest absolute Gasteiger partial charge is 0.393 e. The van der Waals surface area contributed by atoms with Gasteiger partial charge in [0.25, 0.3) is 5.91 Å². The summed E-state index contributed by atoms with van der Waals surface area (Å²) in [6, 6.07) is 8.13. The van der Waals surface area contributed by atoms with Crippen LogP contribution in [0.3, 0.4) is 0 Å². The Hall–Kier alpha value is -3.24. The molecule has 32 heavy (non-hydrogen) atoms. The second kappa shape index (κ2) is 8.03. The van der Waals surface area contributed by atoms with E-state index in [0.29, 0.717) is 23.1 Å². The first-order valence-electron chi connectivity index (χ1n) is 10.6. The Bertz CT molecular complexity index is 1160. The second-order valence-electron chi connectivity index (χ2n) is 8.10. The van der Waals surface area contributed by atoms with Gasteiger partial charge in [-0.1, -0.05) is 0 Å². The molecule has 0 atom stereocenters. The summed E-state index contributed by atoms with van der Waals surface area (Å²) in [7, 11) is 3.61. The molecule has 2 aromatic heterocycles. The fourth-order valence-electron chi connectivity index (χ4n) is 4.07. The van der Waals surface area contributed by atoms with Crippen LogP contribution in [0.2, 0.25) is 0 Å². The summed E-state index contributed by atoms with van der Waals surface area (Å²) in [4.78, 5) is 32.2. The molecule has 5 rings (SSSR count). The maximum atomic E-state index is 12.9. The SMILES string of the molecule is Cc1nc2c(s1)N(C)c1nc(Nc3ccc(N4CCC(O)CC4)cc3)ncc1N(C)C2=O. The molecule has 9 nitrogen and oxygen atoms in total. The van der Waals surface area contributed by atoms with Crippen molar-refractivity contribution in [3.63, 3.8) is 0 Å². The number of amides is 1. The Labute approximate surface area is 190 Å². The van der Waals surface area contributed by atoms with Crippen LogP contribution in [0.1, 0.15) is 28.3 Å². The van der Waals surface area contributed by atoms with Crippen LogP contribution in [-0.2, 0) is 0 Å². The van der Waals surface area contributed by atoms with Crippen molar-refractivity contribution in [1.82, 2.24) is 15.0 Å². The van der Waals surface area contributed by atoms with Crippen molar-refractivity contribution in [1.29, 1.82) is 0 Å². The number of hydrogen-bond acceptors (Lipinski definition) is 9. The van der Waals surface area contributed by atoms with Crippen molar-refractivity contribution in [2.45, 2.75) is 25.9 Å². The van der Waals surface area contributed by atoms with Gasteiger partial charge in [-0.15, -0.1) is 11.3 Å². The number of rotatable bonds is 3. The number of anilines is 6. The van der Waals surface area contributed by atoms with Crippen molar-refractivity contribution >= 4 is 51.1 Å². The molecule has 1 fully saturated rings. The molecule has 0 saturated carbocycles. The molecule has 4 heterocycles. The number of aliphatic hydroxyl groups is 1. The third-order valence-electron chi connectivity index (χ3n) is 5.91. The van der Waals surface area contributed by atoms with Gasteiger partial charge in [0.15, 0.2) is 11.5 Å². The summed E-state index contributed by atoms with van der Waals surface area (Å²) in [5.74, 6) is 0.930. The van der Waals surface area contributed by atoms with Crippen LogP contribution in [0, 0.1) is 6.92 Å². The van der Waals surface area contributed by atoms with E-state index in [1.54, 1.807) is 18.1 Å². The van der Waals surface area contributed by atoms with Crippen molar-refractivity contribution in [2.24, 2.45) is 0 Å². The van der Waals surface area contributed by atoms with Crippen LogP contribution in [0.4, 0.5) is 33.8 Å². The van der Waals surface area contributed by atoms with Gasteiger partial charge in [-0.2, -0.15) is 4.98 Å². The molecule has 1 aromatic carbocycles. The number of aryl methyl sites for hydroxylation is 1. The molecule has 0 bridgehead atoms. The normalized spacial score (nSPS) is 16.6. The molecule has 0 unspecified atom stereocenters. The first-order chi connectivity index (χ1) is 15.4. The van der Waals surface area contributed by atoms with E-state index in [9.17, 15) is 9.90 Å². The summed E-state index contributed by atoms with van der Waals surface area (Å²) in [6.45, 7) is 3.61. The van der Waals surface area contributed by atoms with Gasteiger partial charge in [-0.05, 0) is 44.0 Å². The van der Waals surface area contributed by atoms with Crippen molar-refractivity contribution < 1.29 is 9.90 Å². The number of benzene rings is 1. The number of hydrogen-bond donors (Lipinski definition) is 2. The lowest BCUT2D eigenvalue weighted by Crippen LogP contribution is -2.35. The molecule has 1 saturated heterocycles. The Morgan fingerprint density at radius 2 is 1.81 bits per heavy atom. The molecule has 2 aliphatic rings. The zero-order valence-corrected chi connectivity index (χ0v) is 19.1. The average Bonchev–Trinajstić information content (AvgIpc) is 3.17. The van der Waals surface area contributed by atoms with E-state index in [1.165, 1.54) is 11.3 Å². The first-order valence-corrected chi connectivity index (χ1v) is 11.4. The Kier molecular flexibility index (Phi) is 5.18. The highest BCUT2D eigenvalue weighted by molar-refractivity contribution is 7.16. The van der Waals surface area contributed by atoms with Gasteiger partial charge >= 0.3 is 0 Å². The highest BCUT2D eigenvalue weighted by Gasteiger charge is 2.32. The molecule has 2 N–H and O–H groups in total. The quantitative estimate of drug-likeness (QED) is 0.626. The summed E-state index contributed by atoms with van der Waals surface area (Å²) in [6.07, 6.45) is 3.08. The molecule has 0 aliphatic carbocycles. The first kappa shape index (κ1) is 20.7. The number of thiazole rings is 1. The second-order valence-corrected chi connectivity index (χ2v) is 9.28. The van der Waals surface area contributed by atoms with E-state index in [0.717, 1.165) is 47.3 Å². The topological polar surface area (TPSA) is 97.7 Å². The standard InChI is InChI=1S/C22H25N7O2S/c1-13-24-18-20(31)27(2)17-12-23-22(26-19(17)28(3)21(18)32-13)25-14-4-6-15(7-5-14)29-10-8-16(30)9-11-29/h4-7,12,16,30H,8-11H2,1-3H3,(H,23,25,26). The van der Waals surface area contributed by atoms with Crippen LogP contribution >= 0.6 is 11.3 Å². The molecule has 3 aromatic rings. The predicted molar refractivity (Wildman–Crippen MR) is 127 cm³/mol. The van der Waals surface area contributed by atoms with Crippen LogP contribution in [0.25, 0.3) is 0 Å². The van der Waals surface area contributed by atoms with E-state index in [-0.39, 0.29) is 12.0 Å². The van der Waals surface area contributed by atoms with Gasteiger partial charge in [-0.25, -0.2) is 9.97 Å². The minimum atomic E-state index is -0.185. The van der Waals surface area contributed by atoms with Crippen LogP contribution < -0.4 is 20.0 Å². The lowest BCUT2D eigenvalue weighted by atomic mass is 10.1. The molecule has 0 spiro atoms. The maximum absolute atomic E-state index is 12.9. The number of carbonyl (C=O) groups is 1. The Balaban J connectivity index is 1.39. The lowest BCUT2D eigenvalue weighted by molar-refractivity contribution is 0.0990. The molecular weight excluding hydrogens is 426 g/mol. The molecule has 2 aliphatic heterocycles.